The van der Waals surface area contributed by atoms with Gasteiger partial charge in [0.15, 0.2) is 5.69 Å². The quantitative estimate of drug-likeness (QED) is 0.481. The number of ether oxygens (including phenoxy) is 1. The third kappa shape index (κ3) is 4.52. The van der Waals surface area contributed by atoms with Gasteiger partial charge in [0.2, 0.25) is 5.91 Å². The van der Waals surface area contributed by atoms with Gasteiger partial charge in [-0.3, -0.25) is 24.0 Å². The average molecular weight is 579 g/mol. The van der Waals surface area contributed by atoms with Crippen LogP contribution < -0.4 is 15.0 Å². The molecule has 2 atom stereocenters. The molecule has 0 bridgehead atoms. The summed E-state index contributed by atoms with van der Waals surface area (Å²) in [6, 6.07) is 8.92. The zero-order chi connectivity index (χ0) is 29.9. The first-order valence-electron chi connectivity index (χ1n) is 13.3. The number of nitrogens with zero attached hydrogens (tertiary/aromatic N) is 5. The zero-order valence-electron chi connectivity index (χ0n) is 22.6. The minimum atomic E-state index is -4.54. The van der Waals surface area contributed by atoms with E-state index in [4.69, 9.17) is 4.74 Å². The van der Waals surface area contributed by atoms with Crippen molar-refractivity contribution in [1.82, 2.24) is 14.7 Å². The first kappa shape index (κ1) is 27.3. The van der Waals surface area contributed by atoms with Gasteiger partial charge in [-0.15, -0.1) is 0 Å². The Bertz CT molecular complexity index is 1670. The standard InChI is InChI=1S/C29H25F3N6O4/c1-15(39)36-13-23-24(14-36)38-26(22(12-34-38)35-27(40)17-5-8-25(42-2)18(9-17)11-33)28(41)37(23)19-6-7-21(29(30,31)32)20(10-19)16-3-4-16/h5-10,12,16,23-24H,3-4,13-14H2,1-2H3,(H,35,40)/t23-,24-/m0/s1. The van der Waals surface area contributed by atoms with Crippen LogP contribution in [-0.4, -0.2) is 58.6 Å². The summed E-state index contributed by atoms with van der Waals surface area (Å²) >= 11 is 0. The number of methoxy groups -OCH3 is 1. The fraction of sp³-hybridized carbons (Fsp3) is 0.345. The summed E-state index contributed by atoms with van der Waals surface area (Å²) in [6.07, 6.45) is -1.94. The van der Waals surface area contributed by atoms with E-state index in [0.29, 0.717) is 18.6 Å². The maximum absolute atomic E-state index is 14.1. The first-order valence-corrected chi connectivity index (χ1v) is 13.3. The van der Waals surface area contributed by atoms with Crippen LogP contribution in [0, 0.1) is 11.3 Å². The van der Waals surface area contributed by atoms with Crippen molar-refractivity contribution in [1.29, 1.82) is 5.26 Å². The molecule has 10 nitrogen and oxygen atoms in total. The molecular formula is C29H25F3N6O4. The van der Waals surface area contributed by atoms with E-state index in [1.54, 1.807) is 4.90 Å². The minimum absolute atomic E-state index is 0.0388. The van der Waals surface area contributed by atoms with Gasteiger partial charge in [-0.1, -0.05) is 0 Å². The molecule has 216 valence electrons. The lowest BCUT2D eigenvalue weighted by Crippen LogP contribution is -2.51. The van der Waals surface area contributed by atoms with Crippen LogP contribution in [0.4, 0.5) is 24.5 Å². The van der Waals surface area contributed by atoms with Gasteiger partial charge in [-0.25, -0.2) is 0 Å². The normalized spacial score (nSPS) is 19.7. The number of hydrogen-bond acceptors (Lipinski definition) is 6. The number of rotatable bonds is 5. The number of anilines is 2. The topological polar surface area (TPSA) is 121 Å². The Kier molecular flexibility index (Phi) is 6.44. The molecule has 2 fully saturated rings. The van der Waals surface area contributed by atoms with Gasteiger partial charge >= 0.3 is 6.18 Å². The summed E-state index contributed by atoms with van der Waals surface area (Å²) in [5, 5.41) is 16.5. The Morgan fingerprint density at radius 1 is 1.12 bits per heavy atom. The number of likely N-dealkylation sites (tertiary alicyclic amines) is 1. The Balaban J connectivity index is 1.40. The SMILES string of the molecule is COc1ccc(C(=O)Nc2cnn3c2C(=O)N(c2ccc(C(F)(F)F)c(C4CC4)c2)[C@H]2CN(C(C)=O)C[C@@H]23)cc1C#N. The molecule has 1 N–H and O–H groups in total. The summed E-state index contributed by atoms with van der Waals surface area (Å²) in [4.78, 5) is 42.6. The fourth-order valence-electron chi connectivity index (χ4n) is 5.83. The highest BCUT2D eigenvalue weighted by molar-refractivity contribution is 6.13. The third-order valence-corrected chi connectivity index (χ3v) is 8.03. The van der Waals surface area contributed by atoms with E-state index < -0.39 is 35.6 Å². The van der Waals surface area contributed by atoms with Gasteiger partial charge in [0, 0.05) is 31.3 Å². The van der Waals surface area contributed by atoms with E-state index >= 15 is 0 Å². The molecule has 3 aliphatic rings. The number of fused-ring (bicyclic) bond motifs is 3. The number of hydrogen-bond donors (Lipinski definition) is 1. The molecule has 3 aromatic rings. The lowest BCUT2D eigenvalue weighted by molar-refractivity contribution is -0.138. The number of alkyl halides is 3. The highest BCUT2D eigenvalue weighted by Gasteiger charge is 2.49. The van der Waals surface area contributed by atoms with Gasteiger partial charge < -0.3 is 15.0 Å². The van der Waals surface area contributed by atoms with Crippen LogP contribution in [0.3, 0.4) is 0 Å². The summed E-state index contributed by atoms with van der Waals surface area (Å²) in [6.45, 7) is 1.81. The van der Waals surface area contributed by atoms with E-state index in [2.05, 4.69) is 10.4 Å². The second-order valence-corrected chi connectivity index (χ2v) is 10.6. The van der Waals surface area contributed by atoms with Crippen LogP contribution in [0.2, 0.25) is 0 Å². The van der Waals surface area contributed by atoms with Crippen LogP contribution in [-0.2, 0) is 11.0 Å². The monoisotopic (exact) mass is 578 g/mol. The van der Waals surface area contributed by atoms with Crippen molar-refractivity contribution in [3.63, 3.8) is 0 Å². The molecule has 1 aliphatic carbocycles. The number of nitrogens with one attached hydrogen (secondary N) is 1. The van der Waals surface area contributed by atoms with E-state index in [-0.39, 0.29) is 58.7 Å². The number of amides is 3. The average Bonchev–Trinajstić information content (AvgIpc) is 3.58. The molecule has 0 spiro atoms. The van der Waals surface area contributed by atoms with Crippen LogP contribution >= 0.6 is 0 Å². The maximum Gasteiger partial charge on any atom is 0.416 e. The zero-order valence-corrected chi connectivity index (χ0v) is 22.6. The summed E-state index contributed by atoms with van der Waals surface area (Å²) in [7, 11) is 1.40. The van der Waals surface area contributed by atoms with E-state index in [1.165, 1.54) is 60.1 Å². The minimum Gasteiger partial charge on any atom is -0.495 e. The molecule has 2 aromatic carbocycles. The number of benzene rings is 2. The van der Waals surface area contributed by atoms with Gasteiger partial charge in [-0.2, -0.15) is 23.5 Å². The number of halogens is 3. The Morgan fingerprint density at radius 2 is 1.86 bits per heavy atom. The molecule has 0 radical (unpaired) electrons. The van der Waals surface area contributed by atoms with Crippen LogP contribution in [0.15, 0.2) is 42.6 Å². The smallest absolute Gasteiger partial charge is 0.416 e. The molecule has 3 heterocycles. The van der Waals surface area contributed by atoms with Crippen molar-refractivity contribution >= 4 is 29.1 Å². The number of carbonyl (C=O) groups is 3. The second-order valence-electron chi connectivity index (χ2n) is 10.6. The largest absolute Gasteiger partial charge is 0.495 e. The molecule has 1 saturated heterocycles. The Hall–Kier alpha value is -4.86. The van der Waals surface area contributed by atoms with Crippen molar-refractivity contribution in [2.45, 2.75) is 43.9 Å². The Morgan fingerprint density at radius 3 is 2.50 bits per heavy atom. The van der Waals surface area contributed by atoms with Gasteiger partial charge in [0.05, 0.1) is 42.2 Å². The van der Waals surface area contributed by atoms with E-state index in [9.17, 15) is 32.8 Å². The summed E-state index contributed by atoms with van der Waals surface area (Å²) < 4.78 is 48.0. The van der Waals surface area contributed by atoms with Crippen molar-refractivity contribution in [3.8, 4) is 11.8 Å². The predicted molar refractivity (Wildman–Crippen MR) is 143 cm³/mol. The molecule has 1 saturated carbocycles. The van der Waals surface area contributed by atoms with Crippen LogP contribution in [0.1, 0.15) is 69.3 Å². The van der Waals surface area contributed by atoms with E-state index in [1.807, 2.05) is 6.07 Å². The van der Waals surface area contributed by atoms with Crippen molar-refractivity contribution in [2.24, 2.45) is 0 Å². The van der Waals surface area contributed by atoms with Gasteiger partial charge in [-0.05, 0) is 60.7 Å². The van der Waals surface area contributed by atoms with Crippen LogP contribution in [0.5, 0.6) is 5.75 Å². The number of carbonyl (C=O) groups excluding carboxylic acids is 3. The molecule has 6 rings (SSSR count). The van der Waals surface area contributed by atoms with Gasteiger partial charge in [0.25, 0.3) is 11.8 Å². The first-order chi connectivity index (χ1) is 20.0. The lowest BCUT2D eigenvalue weighted by atomic mass is 9.98. The van der Waals surface area contributed by atoms with Crippen LogP contribution in [0.25, 0.3) is 0 Å². The fourth-order valence-corrected chi connectivity index (χ4v) is 5.83. The third-order valence-electron chi connectivity index (χ3n) is 8.03. The van der Waals surface area contributed by atoms with Crippen molar-refractivity contribution < 1.29 is 32.3 Å². The molecule has 1 aromatic heterocycles. The summed E-state index contributed by atoms with van der Waals surface area (Å²) in [5.41, 5.74) is 0.137. The highest BCUT2D eigenvalue weighted by Crippen LogP contribution is 2.48. The van der Waals surface area contributed by atoms with Gasteiger partial charge in [0.1, 0.15) is 11.8 Å². The molecule has 13 heteroatoms. The second kappa shape index (κ2) is 9.90. The van der Waals surface area contributed by atoms with E-state index in [0.717, 1.165) is 6.07 Å². The lowest BCUT2D eigenvalue weighted by Gasteiger charge is -2.37. The van der Waals surface area contributed by atoms with Crippen molar-refractivity contribution in [3.05, 3.63) is 70.5 Å². The Labute approximate surface area is 238 Å². The maximum atomic E-state index is 14.1. The number of nitriles is 1. The molecule has 3 amide bonds. The highest BCUT2D eigenvalue weighted by atomic mass is 19.4. The molecule has 42 heavy (non-hydrogen) atoms. The molecule has 2 aliphatic heterocycles. The predicted octanol–water partition coefficient (Wildman–Crippen LogP) is 4.34. The molecule has 0 unspecified atom stereocenters. The summed E-state index contributed by atoms with van der Waals surface area (Å²) in [5.74, 6) is -1.32. The molecular weight excluding hydrogens is 553 g/mol. The van der Waals surface area contributed by atoms with Crippen molar-refractivity contribution in [2.75, 3.05) is 30.4 Å². The number of aromatic nitrogens is 2.